The summed E-state index contributed by atoms with van der Waals surface area (Å²) in [7, 11) is 0. The van der Waals surface area contributed by atoms with Gasteiger partial charge in [-0.15, -0.1) is 0 Å². The molecule has 0 heterocycles. The van der Waals surface area contributed by atoms with Crippen LogP contribution in [0.2, 0.25) is 0 Å². The summed E-state index contributed by atoms with van der Waals surface area (Å²) < 4.78 is 0. The molecule has 3 rings (SSSR count). The number of hydrogen-bond donors (Lipinski definition) is 1. The Morgan fingerprint density at radius 1 is 1.15 bits per heavy atom. The van der Waals surface area contributed by atoms with Gasteiger partial charge >= 0.3 is 0 Å². The molecule has 0 aromatic rings. The number of rotatable bonds is 5. The average molecular weight is 179 g/mol. The normalized spacial score (nSPS) is 38.3. The van der Waals surface area contributed by atoms with Gasteiger partial charge < -0.3 is 5.32 Å². The zero-order valence-electron chi connectivity index (χ0n) is 8.63. The summed E-state index contributed by atoms with van der Waals surface area (Å²) in [6, 6.07) is 0.924. The SMILES string of the molecule is CC1CC1CNC(C1CC1)C1CC1. The molecule has 0 aromatic heterocycles. The van der Waals surface area contributed by atoms with Crippen LogP contribution in [-0.2, 0) is 0 Å². The van der Waals surface area contributed by atoms with Crippen molar-refractivity contribution in [2.45, 2.75) is 45.1 Å². The molecule has 0 aromatic carbocycles. The van der Waals surface area contributed by atoms with E-state index in [1.165, 1.54) is 38.6 Å². The summed E-state index contributed by atoms with van der Waals surface area (Å²) in [5.74, 6) is 4.19. The maximum atomic E-state index is 3.84. The van der Waals surface area contributed by atoms with Crippen LogP contribution in [0.5, 0.6) is 0 Å². The Kier molecular flexibility index (Phi) is 1.90. The lowest BCUT2D eigenvalue weighted by atomic mass is 10.1. The van der Waals surface area contributed by atoms with Gasteiger partial charge in [-0.05, 0) is 62.3 Å². The van der Waals surface area contributed by atoms with E-state index in [4.69, 9.17) is 0 Å². The molecule has 0 aliphatic heterocycles. The molecule has 3 fully saturated rings. The van der Waals surface area contributed by atoms with Crippen LogP contribution in [0.15, 0.2) is 0 Å². The Bertz CT molecular complexity index is 181. The zero-order chi connectivity index (χ0) is 8.84. The first-order valence-corrected chi connectivity index (χ1v) is 6.08. The average Bonchev–Trinajstić information content (AvgIpc) is 2.93. The lowest BCUT2D eigenvalue weighted by Crippen LogP contribution is -2.34. The predicted octanol–water partition coefficient (Wildman–Crippen LogP) is 2.42. The van der Waals surface area contributed by atoms with Crippen molar-refractivity contribution in [2.24, 2.45) is 23.7 Å². The molecule has 3 aliphatic carbocycles. The fourth-order valence-electron chi connectivity index (χ4n) is 2.60. The minimum Gasteiger partial charge on any atom is -0.313 e. The van der Waals surface area contributed by atoms with Gasteiger partial charge in [0.05, 0.1) is 0 Å². The van der Waals surface area contributed by atoms with Crippen molar-refractivity contribution in [1.82, 2.24) is 5.32 Å². The van der Waals surface area contributed by atoms with E-state index < -0.39 is 0 Å². The molecule has 2 unspecified atom stereocenters. The van der Waals surface area contributed by atoms with E-state index in [0.29, 0.717) is 0 Å². The Hall–Kier alpha value is -0.0400. The lowest BCUT2D eigenvalue weighted by molar-refractivity contribution is 0.405. The summed E-state index contributed by atoms with van der Waals surface area (Å²) in [5, 5.41) is 3.84. The quantitative estimate of drug-likeness (QED) is 0.683. The second-order valence-electron chi connectivity index (χ2n) is 5.58. The van der Waals surface area contributed by atoms with Crippen molar-refractivity contribution in [3.05, 3.63) is 0 Å². The van der Waals surface area contributed by atoms with Crippen molar-refractivity contribution in [3.8, 4) is 0 Å². The van der Waals surface area contributed by atoms with Gasteiger partial charge in [0, 0.05) is 6.04 Å². The van der Waals surface area contributed by atoms with E-state index in [2.05, 4.69) is 12.2 Å². The fraction of sp³-hybridized carbons (Fsp3) is 1.00. The molecule has 1 heteroatoms. The predicted molar refractivity (Wildman–Crippen MR) is 54.5 cm³/mol. The topological polar surface area (TPSA) is 12.0 Å². The van der Waals surface area contributed by atoms with Crippen LogP contribution in [0.3, 0.4) is 0 Å². The zero-order valence-corrected chi connectivity index (χ0v) is 8.63. The molecule has 3 saturated carbocycles. The molecule has 1 nitrogen and oxygen atoms in total. The van der Waals surface area contributed by atoms with Gasteiger partial charge in [-0.2, -0.15) is 0 Å². The van der Waals surface area contributed by atoms with E-state index in [-0.39, 0.29) is 0 Å². The molecular weight excluding hydrogens is 158 g/mol. The molecule has 2 atom stereocenters. The van der Waals surface area contributed by atoms with Crippen molar-refractivity contribution < 1.29 is 0 Å². The fourth-order valence-corrected chi connectivity index (χ4v) is 2.60. The Labute approximate surface area is 81.3 Å². The number of nitrogens with one attached hydrogen (secondary N) is 1. The molecule has 13 heavy (non-hydrogen) atoms. The van der Waals surface area contributed by atoms with E-state index in [1.807, 2.05) is 0 Å². The third kappa shape index (κ3) is 1.90. The second-order valence-corrected chi connectivity index (χ2v) is 5.58. The standard InChI is InChI=1S/C12H21N/c1-8-6-11(8)7-13-12(9-2-3-9)10-4-5-10/h8-13H,2-7H2,1H3. The van der Waals surface area contributed by atoms with Crippen molar-refractivity contribution in [2.75, 3.05) is 6.54 Å². The third-order valence-electron chi connectivity index (χ3n) is 4.15. The van der Waals surface area contributed by atoms with Crippen LogP contribution < -0.4 is 5.32 Å². The Balaban J connectivity index is 1.45. The Morgan fingerprint density at radius 3 is 2.08 bits per heavy atom. The summed E-state index contributed by atoms with van der Waals surface area (Å²) in [6.45, 7) is 3.70. The number of hydrogen-bond acceptors (Lipinski definition) is 1. The first-order valence-electron chi connectivity index (χ1n) is 6.08. The van der Waals surface area contributed by atoms with Gasteiger partial charge in [0.15, 0.2) is 0 Å². The first-order chi connectivity index (χ1) is 6.34. The highest BCUT2D eigenvalue weighted by molar-refractivity contribution is 4.97. The third-order valence-corrected chi connectivity index (χ3v) is 4.15. The lowest BCUT2D eigenvalue weighted by Gasteiger charge is -2.17. The van der Waals surface area contributed by atoms with E-state index in [9.17, 15) is 0 Å². The highest BCUT2D eigenvalue weighted by Gasteiger charge is 2.42. The van der Waals surface area contributed by atoms with Crippen LogP contribution in [-0.4, -0.2) is 12.6 Å². The van der Waals surface area contributed by atoms with Crippen molar-refractivity contribution in [3.63, 3.8) is 0 Å². The van der Waals surface area contributed by atoms with Gasteiger partial charge in [-0.1, -0.05) is 6.92 Å². The maximum Gasteiger partial charge on any atom is 0.0124 e. The molecule has 0 amide bonds. The van der Waals surface area contributed by atoms with Crippen LogP contribution in [0.4, 0.5) is 0 Å². The minimum atomic E-state index is 0.924. The van der Waals surface area contributed by atoms with Crippen LogP contribution >= 0.6 is 0 Å². The second kappa shape index (κ2) is 2.98. The van der Waals surface area contributed by atoms with Gasteiger partial charge in [0.1, 0.15) is 0 Å². The summed E-state index contributed by atoms with van der Waals surface area (Å²) in [5.41, 5.74) is 0. The van der Waals surface area contributed by atoms with Crippen molar-refractivity contribution >= 4 is 0 Å². The molecular formula is C12H21N. The largest absolute Gasteiger partial charge is 0.313 e. The Morgan fingerprint density at radius 2 is 1.69 bits per heavy atom. The molecule has 0 radical (unpaired) electrons. The molecule has 3 aliphatic rings. The molecule has 1 N–H and O–H groups in total. The van der Waals surface area contributed by atoms with E-state index in [0.717, 1.165) is 29.7 Å². The smallest absolute Gasteiger partial charge is 0.0124 e. The molecule has 0 bridgehead atoms. The highest BCUT2D eigenvalue weighted by atomic mass is 15.0. The van der Waals surface area contributed by atoms with Crippen molar-refractivity contribution in [1.29, 1.82) is 0 Å². The summed E-state index contributed by atoms with van der Waals surface area (Å²) in [4.78, 5) is 0. The summed E-state index contributed by atoms with van der Waals surface area (Å²) in [6.07, 6.45) is 7.51. The minimum absolute atomic E-state index is 0.924. The highest BCUT2D eigenvalue weighted by Crippen LogP contribution is 2.45. The molecule has 0 spiro atoms. The monoisotopic (exact) mass is 179 g/mol. The molecule has 74 valence electrons. The van der Waals surface area contributed by atoms with Gasteiger partial charge in [0.25, 0.3) is 0 Å². The van der Waals surface area contributed by atoms with E-state index >= 15 is 0 Å². The first kappa shape index (κ1) is 8.28. The van der Waals surface area contributed by atoms with Crippen LogP contribution in [0, 0.1) is 23.7 Å². The maximum absolute atomic E-state index is 3.84. The van der Waals surface area contributed by atoms with Gasteiger partial charge in [0.2, 0.25) is 0 Å². The van der Waals surface area contributed by atoms with Crippen LogP contribution in [0.25, 0.3) is 0 Å². The van der Waals surface area contributed by atoms with Gasteiger partial charge in [-0.25, -0.2) is 0 Å². The summed E-state index contributed by atoms with van der Waals surface area (Å²) >= 11 is 0. The molecule has 0 saturated heterocycles. The van der Waals surface area contributed by atoms with Gasteiger partial charge in [-0.3, -0.25) is 0 Å². The van der Waals surface area contributed by atoms with E-state index in [1.54, 1.807) is 0 Å². The van der Waals surface area contributed by atoms with Crippen LogP contribution in [0.1, 0.15) is 39.0 Å².